The number of rotatable bonds is 4. The Morgan fingerprint density at radius 1 is 1.03 bits per heavy atom. The van der Waals surface area contributed by atoms with Crippen LogP contribution in [0, 0.1) is 10.1 Å². The molecular formula is C25H17NO8. The summed E-state index contributed by atoms with van der Waals surface area (Å²) < 4.78 is 10.4. The number of phenolic OH excluding ortho intramolecular Hbond substituents is 2. The van der Waals surface area contributed by atoms with Crippen molar-refractivity contribution in [3.05, 3.63) is 87.5 Å². The topological polar surface area (TPSA) is 136 Å². The van der Waals surface area contributed by atoms with E-state index in [1.54, 1.807) is 12.1 Å². The highest BCUT2D eigenvalue weighted by molar-refractivity contribution is 6.10. The Kier molecular flexibility index (Phi) is 5.01. The number of carbonyl (C=O) groups is 2. The van der Waals surface area contributed by atoms with Crippen LogP contribution in [-0.4, -0.2) is 33.2 Å². The van der Waals surface area contributed by atoms with E-state index in [-0.39, 0.29) is 41.3 Å². The zero-order chi connectivity index (χ0) is 24.0. The Balaban J connectivity index is 1.43. The van der Waals surface area contributed by atoms with E-state index >= 15 is 0 Å². The standard InChI is InChI=1S/C25H17NO8/c27-22-17-9-14-3-1-2-4-15(14)10-18(17)23(28)21-19(22)11-20(34-25(21)30)24(29)33-12-13-5-7-16(8-6-13)26(31)32/h1-10,20,27-28H,11-12H2. The van der Waals surface area contributed by atoms with Crippen molar-refractivity contribution in [3.8, 4) is 11.5 Å². The number of nitrogens with zero attached hydrogens (tertiary/aromatic N) is 1. The largest absolute Gasteiger partial charge is 0.507 e. The second-order valence-corrected chi connectivity index (χ2v) is 7.93. The van der Waals surface area contributed by atoms with Gasteiger partial charge in [0.05, 0.1) is 4.92 Å². The van der Waals surface area contributed by atoms with Gasteiger partial charge >= 0.3 is 11.9 Å². The number of nitro groups is 1. The number of aromatic hydroxyl groups is 2. The summed E-state index contributed by atoms with van der Waals surface area (Å²) in [5.41, 5.74) is 0.344. The molecule has 0 spiro atoms. The monoisotopic (exact) mass is 459 g/mol. The summed E-state index contributed by atoms with van der Waals surface area (Å²) in [7, 11) is 0. The second kappa shape index (κ2) is 8.04. The lowest BCUT2D eigenvalue weighted by Crippen LogP contribution is -2.35. The van der Waals surface area contributed by atoms with Crippen molar-refractivity contribution in [3.63, 3.8) is 0 Å². The van der Waals surface area contributed by atoms with Gasteiger partial charge in [-0.1, -0.05) is 24.3 Å². The summed E-state index contributed by atoms with van der Waals surface area (Å²) >= 11 is 0. The van der Waals surface area contributed by atoms with E-state index in [1.807, 2.05) is 24.3 Å². The number of esters is 2. The number of hydrogen-bond donors (Lipinski definition) is 2. The molecule has 0 aromatic heterocycles. The highest BCUT2D eigenvalue weighted by Gasteiger charge is 2.37. The van der Waals surface area contributed by atoms with Crippen LogP contribution in [0.25, 0.3) is 21.5 Å². The molecule has 0 fully saturated rings. The molecular weight excluding hydrogens is 442 g/mol. The van der Waals surface area contributed by atoms with E-state index in [0.29, 0.717) is 16.3 Å². The van der Waals surface area contributed by atoms with E-state index in [9.17, 15) is 29.9 Å². The fourth-order valence-electron chi connectivity index (χ4n) is 4.12. The Morgan fingerprint density at radius 3 is 2.26 bits per heavy atom. The number of nitro benzene ring substituents is 1. The SMILES string of the molecule is O=C1OC(C(=O)OCc2ccc([N+](=O)[O-])cc2)Cc2c1c(O)c1cc3ccccc3cc1c2O. The van der Waals surface area contributed by atoms with Crippen LogP contribution in [0.15, 0.2) is 60.7 Å². The van der Waals surface area contributed by atoms with Gasteiger partial charge in [0.2, 0.25) is 6.10 Å². The average Bonchev–Trinajstić information content (AvgIpc) is 2.84. The average molecular weight is 459 g/mol. The fourth-order valence-corrected chi connectivity index (χ4v) is 4.12. The van der Waals surface area contributed by atoms with Gasteiger partial charge in [-0.2, -0.15) is 0 Å². The molecule has 2 N–H and O–H groups in total. The highest BCUT2D eigenvalue weighted by Crippen LogP contribution is 2.44. The Hall–Kier alpha value is -4.66. The molecule has 4 aromatic carbocycles. The number of fused-ring (bicyclic) bond motifs is 3. The van der Waals surface area contributed by atoms with Crippen LogP contribution in [0.2, 0.25) is 0 Å². The van der Waals surface area contributed by atoms with Crippen molar-refractivity contribution >= 4 is 39.2 Å². The van der Waals surface area contributed by atoms with Crippen molar-refractivity contribution in [2.75, 3.05) is 0 Å². The Labute approximate surface area is 191 Å². The molecule has 34 heavy (non-hydrogen) atoms. The molecule has 0 amide bonds. The third-order valence-electron chi connectivity index (χ3n) is 5.85. The minimum atomic E-state index is -1.32. The first-order chi connectivity index (χ1) is 16.3. The normalized spacial score (nSPS) is 15.1. The fraction of sp³-hybridized carbons (Fsp3) is 0.120. The maximum atomic E-state index is 12.7. The van der Waals surface area contributed by atoms with Gasteiger partial charge < -0.3 is 19.7 Å². The van der Waals surface area contributed by atoms with Gasteiger partial charge in [-0.25, -0.2) is 9.59 Å². The summed E-state index contributed by atoms with van der Waals surface area (Å²) in [4.78, 5) is 35.5. The number of non-ortho nitro benzene ring substituents is 1. The predicted octanol–water partition coefficient (Wildman–Crippen LogP) is 4.14. The molecule has 9 nitrogen and oxygen atoms in total. The van der Waals surface area contributed by atoms with Crippen molar-refractivity contribution in [1.29, 1.82) is 0 Å². The Bertz CT molecular complexity index is 1490. The summed E-state index contributed by atoms with van der Waals surface area (Å²) in [5, 5.41) is 34.8. The summed E-state index contributed by atoms with van der Waals surface area (Å²) in [6, 6.07) is 16.3. The van der Waals surface area contributed by atoms with Crippen LogP contribution in [-0.2, 0) is 27.3 Å². The molecule has 0 saturated carbocycles. The lowest BCUT2D eigenvalue weighted by atomic mass is 9.91. The van der Waals surface area contributed by atoms with E-state index in [4.69, 9.17) is 9.47 Å². The third kappa shape index (κ3) is 3.53. The highest BCUT2D eigenvalue weighted by atomic mass is 16.6. The van der Waals surface area contributed by atoms with Gasteiger partial charge in [-0.05, 0) is 40.6 Å². The minimum absolute atomic E-state index is 0.0943. The zero-order valence-corrected chi connectivity index (χ0v) is 17.6. The van der Waals surface area contributed by atoms with Crippen LogP contribution < -0.4 is 0 Å². The molecule has 5 rings (SSSR count). The lowest BCUT2D eigenvalue weighted by Gasteiger charge is -2.25. The number of carbonyl (C=O) groups excluding carboxylic acids is 2. The first kappa shape index (κ1) is 21.2. The van der Waals surface area contributed by atoms with Crippen LogP contribution >= 0.6 is 0 Å². The number of hydrogen-bond acceptors (Lipinski definition) is 8. The van der Waals surface area contributed by atoms with Gasteiger partial charge in [0.25, 0.3) is 5.69 Å². The first-order valence-electron chi connectivity index (χ1n) is 10.3. The molecule has 0 radical (unpaired) electrons. The summed E-state index contributed by atoms with van der Waals surface area (Å²) in [5.74, 6) is -2.31. The number of ether oxygens (including phenoxy) is 2. The van der Waals surface area contributed by atoms with Crippen LogP contribution in [0.1, 0.15) is 21.5 Å². The Morgan fingerprint density at radius 2 is 1.65 bits per heavy atom. The summed E-state index contributed by atoms with van der Waals surface area (Å²) in [6.45, 7) is -0.182. The van der Waals surface area contributed by atoms with Gasteiger partial charge in [-0.15, -0.1) is 0 Å². The molecule has 4 aromatic rings. The molecule has 1 aliphatic rings. The van der Waals surface area contributed by atoms with Crippen LogP contribution in [0.4, 0.5) is 5.69 Å². The maximum Gasteiger partial charge on any atom is 0.348 e. The third-order valence-corrected chi connectivity index (χ3v) is 5.85. The molecule has 1 aliphatic heterocycles. The molecule has 0 saturated heterocycles. The quantitative estimate of drug-likeness (QED) is 0.153. The zero-order valence-electron chi connectivity index (χ0n) is 17.6. The van der Waals surface area contributed by atoms with Crippen molar-refractivity contribution in [2.45, 2.75) is 19.1 Å². The maximum absolute atomic E-state index is 12.7. The van der Waals surface area contributed by atoms with E-state index < -0.39 is 23.0 Å². The van der Waals surface area contributed by atoms with Crippen molar-refractivity contribution in [2.24, 2.45) is 0 Å². The molecule has 1 heterocycles. The van der Waals surface area contributed by atoms with Crippen LogP contribution in [0.3, 0.4) is 0 Å². The molecule has 170 valence electrons. The van der Waals surface area contributed by atoms with Crippen molar-refractivity contribution in [1.82, 2.24) is 0 Å². The molecule has 1 atom stereocenters. The second-order valence-electron chi connectivity index (χ2n) is 7.93. The minimum Gasteiger partial charge on any atom is -0.507 e. The van der Waals surface area contributed by atoms with Gasteiger partial charge in [0.1, 0.15) is 23.7 Å². The molecule has 9 heteroatoms. The van der Waals surface area contributed by atoms with E-state index in [2.05, 4.69) is 0 Å². The number of phenols is 2. The van der Waals surface area contributed by atoms with E-state index in [0.717, 1.165) is 10.8 Å². The predicted molar refractivity (Wildman–Crippen MR) is 121 cm³/mol. The molecule has 0 bridgehead atoms. The lowest BCUT2D eigenvalue weighted by molar-refractivity contribution is -0.384. The van der Waals surface area contributed by atoms with Crippen LogP contribution in [0.5, 0.6) is 11.5 Å². The molecule has 0 aliphatic carbocycles. The molecule has 1 unspecified atom stereocenters. The summed E-state index contributed by atoms with van der Waals surface area (Å²) in [6.07, 6.45) is -1.50. The van der Waals surface area contributed by atoms with Gasteiger partial charge in [-0.3, -0.25) is 10.1 Å². The number of benzene rings is 4. The van der Waals surface area contributed by atoms with Gasteiger partial charge in [0, 0.05) is 34.9 Å². The smallest absolute Gasteiger partial charge is 0.348 e. The first-order valence-corrected chi connectivity index (χ1v) is 10.3. The van der Waals surface area contributed by atoms with Crippen molar-refractivity contribution < 1.29 is 34.2 Å². The van der Waals surface area contributed by atoms with Gasteiger partial charge in [0.15, 0.2) is 0 Å². The number of cyclic esters (lactones) is 1. The van der Waals surface area contributed by atoms with E-state index in [1.165, 1.54) is 24.3 Å².